The molecule has 0 saturated carbocycles. The van der Waals surface area contributed by atoms with Crippen molar-refractivity contribution in [3.8, 4) is 0 Å². The van der Waals surface area contributed by atoms with Crippen molar-refractivity contribution in [1.29, 1.82) is 0 Å². The van der Waals surface area contributed by atoms with Gasteiger partial charge in [-0.05, 0) is 25.3 Å². The maximum Gasteiger partial charge on any atom is 0.312 e. The summed E-state index contributed by atoms with van der Waals surface area (Å²) >= 11 is 0. The van der Waals surface area contributed by atoms with Crippen LogP contribution >= 0.6 is 0 Å². The second kappa shape index (κ2) is 8.96. The lowest BCUT2D eigenvalue weighted by atomic mass is 10.1. The number of unbranched alkanes of at least 4 members (excludes halogenated alkanes) is 2. The molecule has 0 spiro atoms. The van der Waals surface area contributed by atoms with Crippen molar-refractivity contribution in [2.75, 3.05) is 6.54 Å². The average molecular weight is 277 g/mol. The zero-order valence-corrected chi connectivity index (χ0v) is 11.9. The van der Waals surface area contributed by atoms with Gasteiger partial charge in [0.15, 0.2) is 0 Å². The Morgan fingerprint density at radius 2 is 1.85 bits per heavy atom. The minimum Gasteiger partial charge on any atom is -0.352 e. The van der Waals surface area contributed by atoms with Crippen LogP contribution in [0.2, 0.25) is 0 Å². The Kier molecular flexibility index (Phi) is 7.17. The van der Waals surface area contributed by atoms with Crippen LogP contribution in [0.3, 0.4) is 0 Å². The van der Waals surface area contributed by atoms with Gasteiger partial charge in [-0.1, -0.05) is 36.8 Å². The zero-order chi connectivity index (χ0) is 14.8. The summed E-state index contributed by atoms with van der Waals surface area (Å²) in [4.78, 5) is 22.2. The molecule has 3 amide bonds. The minimum atomic E-state index is -0.501. The Morgan fingerprint density at radius 3 is 2.50 bits per heavy atom. The molecule has 1 aromatic carbocycles. The third-order valence-corrected chi connectivity index (χ3v) is 3.06. The normalized spacial score (nSPS) is 11.7. The minimum absolute atomic E-state index is 0.0280. The Bertz CT molecular complexity index is 420. The summed E-state index contributed by atoms with van der Waals surface area (Å²) in [6, 6.07) is 9.41. The van der Waals surface area contributed by atoms with Crippen LogP contribution in [0.1, 0.15) is 44.2 Å². The molecule has 5 heteroatoms. The van der Waals surface area contributed by atoms with E-state index in [0.29, 0.717) is 13.0 Å². The van der Waals surface area contributed by atoms with E-state index in [9.17, 15) is 9.59 Å². The second-order valence-electron chi connectivity index (χ2n) is 4.80. The van der Waals surface area contributed by atoms with Crippen LogP contribution in [-0.4, -0.2) is 18.5 Å². The number of benzene rings is 1. The lowest BCUT2D eigenvalue weighted by Crippen LogP contribution is -2.30. The smallest absolute Gasteiger partial charge is 0.312 e. The number of amides is 3. The highest BCUT2D eigenvalue weighted by Crippen LogP contribution is 2.11. The standard InChI is InChI=1S/C15H23N3O2/c1-12(13-8-4-2-5-9-13)18-14(19)10-6-3-7-11-17-15(16)20/h2,4-5,8-9,12H,3,6-7,10-11H2,1H3,(H,18,19)(H3,16,17,20)/t12-/m0/s1. The van der Waals surface area contributed by atoms with E-state index < -0.39 is 6.03 Å². The van der Waals surface area contributed by atoms with Crippen molar-refractivity contribution in [3.63, 3.8) is 0 Å². The number of hydrogen-bond acceptors (Lipinski definition) is 2. The zero-order valence-electron chi connectivity index (χ0n) is 11.9. The first-order valence-electron chi connectivity index (χ1n) is 6.97. The molecule has 0 unspecified atom stereocenters. The largest absolute Gasteiger partial charge is 0.352 e. The van der Waals surface area contributed by atoms with E-state index in [2.05, 4.69) is 10.6 Å². The van der Waals surface area contributed by atoms with Crippen LogP contribution in [0.5, 0.6) is 0 Å². The van der Waals surface area contributed by atoms with Gasteiger partial charge < -0.3 is 16.4 Å². The molecule has 0 bridgehead atoms. The van der Waals surface area contributed by atoms with Crippen LogP contribution in [0.25, 0.3) is 0 Å². The fourth-order valence-electron chi connectivity index (χ4n) is 1.94. The number of hydrogen-bond donors (Lipinski definition) is 3. The first-order chi connectivity index (χ1) is 9.59. The number of nitrogens with one attached hydrogen (secondary N) is 2. The van der Waals surface area contributed by atoms with Crippen LogP contribution < -0.4 is 16.4 Å². The number of nitrogens with two attached hydrogens (primary N) is 1. The van der Waals surface area contributed by atoms with E-state index in [1.165, 1.54) is 0 Å². The van der Waals surface area contributed by atoms with Crippen LogP contribution in [0.4, 0.5) is 4.79 Å². The van der Waals surface area contributed by atoms with E-state index in [1.54, 1.807) is 0 Å². The van der Waals surface area contributed by atoms with Crippen molar-refractivity contribution in [1.82, 2.24) is 10.6 Å². The molecule has 0 aliphatic heterocycles. The third-order valence-electron chi connectivity index (χ3n) is 3.06. The molecule has 5 nitrogen and oxygen atoms in total. The van der Waals surface area contributed by atoms with Crippen LogP contribution in [0, 0.1) is 0 Å². The van der Waals surface area contributed by atoms with Crippen molar-refractivity contribution >= 4 is 11.9 Å². The predicted molar refractivity (Wildman–Crippen MR) is 79.1 cm³/mol. The molecular formula is C15H23N3O2. The molecule has 0 heterocycles. The van der Waals surface area contributed by atoms with Gasteiger partial charge in [0.1, 0.15) is 0 Å². The van der Waals surface area contributed by atoms with E-state index in [0.717, 1.165) is 24.8 Å². The first kappa shape index (κ1) is 16.0. The second-order valence-corrected chi connectivity index (χ2v) is 4.80. The van der Waals surface area contributed by atoms with E-state index in [-0.39, 0.29) is 11.9 Å². The number of rotatable bonds is 8. The Morgan fingerprint density at radius 1 is 1.15 bits per heavy atom. The summed E-state index contributed by atoms with van der Waals surface area (Å²) in [5, 5.41) is 5.50. The molecule has 0 saturated heterocycles. The predicted octanol–water partition coefficient (Wildman–Crippen LogP) is 2.09. The molecule has 1 rings (SSSR count). The summed E-state index contributed by atoms with van der Waals surface area (Å²) < 4.78 is 0. The Hall–Kier alpha value is -2.04. The van der Waals surface area contributed by atoms with E-state index >= 15 is 0 Å². The van der Waals surface area contributed by atoms with Crippen molar-refractivity contribution in [2.24, 2.45) is 5.73 Å². The molecular weight excluding hydrogens is 254 g/mol. The molecule has 0 aliphatic rings. The number of carbonyl (C=O) groups is 2. The average Bonchev–Trinajstić information content (AvgIpc) is 2.43. The highest BCUT2D eigenvalue weighted by atomic mass is 16.2. The maximum absolute atomic E-state index is 11.8. The fourth-order valence-corrected chi connectivity index (χ4v) is 1.94. The van der Waals surface area contributed by atoms with Gasteiger partial charge in [-0.2, -0.15) is 0 Å². The highest BCUT2D eigenvalue weighted by Gasteiger charge is 2.08. The number of carbonyl (C=O) groups excluding carboxylic acids is 2. The summed E-state index contributed by atoms with van der Waals surface area (Å²) in [5.74, 6) is 0.0595. The lowest BCUT2D eigenvalue weighted by Gasteiger charge is -2.14. The fraction of sp³-hybridized carbons (Fsp3) is 0.467. The Balaban J connectivity index is 2.13. The molecule has 1 atom stereocenters. The quantitative estimate of drug-likeness (QED) is 0.636. The van der Waals surface area contributed by atoms with Gasteiger partial charge >= 0.3 is 6.03 Å². The van der Waals surface area contributed by atoms with Crippen molar-refractivity contribution in [3.05, 3.63) is 35.9 Å². The SMILES string of the molecule is C[C@H](NC(=O)CCCCCNC(N)=O)c1ccccc1. The van der Waals surface area contributed by atoms with Crippen molar-refractivity contribution < 1.29 is 9.59 Å². The lowest BCUT2D eigenvalue weighted by molar-refractivity contribution is -0.121. The number of primary amides is 1. The highest BCUT2D eigenvalue weighted by molar-refractivity contribution is 5.76. The molecule has 0 radical (unpaired) electrons. The summed E-state index contributed by atoms with van der Waals surface area (Å²) in [6.45, 7) is 2.54. The Labute approximate surface area is 119 Å². The van der Waals surface area contributed by atoms with Crippen molar-refractivity contribution in [2.45, 2.75) is 38.6 Å². The topological polar surface area (TPSA) is 84.2 Å². The van der Waals surface area contributed by atoms with Gasteiger partial charge in [0.25, 0.3) is 0 Å². The van der Waals surface area contributed by atoms with Crippen LogP contribution in [-0.2, 0) is 4.79 Å². The molecule has 0 fully saturated rings. The van der Waals surface area contributed by atoms with Gasteiger partial charge in [-0.3, -0.25) is 4.79 Å². The maximum atomic E-state index is 11.8. The van der Waals surface area contributed by atoms with Gasteiger partial charge in [0.2, 0.25) is 5.91 Å². The molecule has 4 N–H and O–H groups in total. The summed E-state index contributed by atoms with van der Waals surface area (Å²) in [7, 11) is 0. The van der Waals surface area contributed by atoms with Gasteiger partial charge in [-0.15, -0.1) is 0 Å². The summed E-state index contributed by atoms with van der Waals surface area (Å²) in [6.07, 6.45) is 3.05. The number of urea groups is 1. The monoisotopic (exact) mass is 277 g/mol. The molecule has 0 aliphatic carbocycles. The van der Waals surface area contributed by atoms with Gasteiger partial charge in [0.05, 0.1) is 6.04 Å². The molecule has 110 valence electrons. The first-order valence-corrected chi connectivity index (χ1v) is 6.97. The van der Waals surface area contributed by atoms with Gasteiger partial charge in [0, 0.05) is 13.0 Å². The molecule has 0 aromatic heterocycles. The third kappa shape index (κ3) is 6.78. The molecule has 1 aromatic rings. The van der Waals surface area contributed by atoms with Crippen LogP contribution in [0.15, 0.2) is 30.3 Å². The van der Waals surface area contributed by atoms with Gasteiger partial charge in [-0.25, -0.2) is 4.79 Å². The summed E-state index contributed by atoms with van der Waals surface area (Å²) in [5.41, 5.74) is 6.05. The van der Waals surface area contributed by atoms with E-state index in [1.807, 2.05) is 37.3 Å². The molecule has 20 heavy (non-hydrogen) atoms. The van der Waals surface area contributed by atoms with E-state index in [4.69, 9.17) is 5.73 Å².